The van der Waals surface area contributed by atoms with Crippen LogP contribution < -0.4 is 0 Å². The Bertz CT molecular complexity index is 459. The fraction of sp³-hybridized carbons (Fsp3) is 0.455. The highest BCUT2D eigenvalue weighted by Crippen LogP contribution is 2.28. The van der Waals surface area contributed by atoms with Crippen LogP contribution in [0.5, 0.6) is 0 Å². The number of carbonyl (C=O) groups excluding carboxylic acids is 1. The van der Waals surface area contributed by atoms with Crippen molar-refractivity contribution in [2.45, 2.75) is 19.4 Å². The third-order valence-electron chi connectivity index (χ3n) is 3.03. The van der Waals surface area contributed by atoms with E-state index in [1.807, 2.05) is 6.92 Å². The Morgan fingerprint density at radius 3 is 2.82 bits per heavy atom. The normalized spacial score (nSPS) is 24.0. The number of carboxylic acid groups (broad SMARTS) is 1. The molecule has 0 aliphatic carbocycles. The first-order valence-electron chi connectivity index (χ1n) is 5.28. The first-order valence-corrected chi connectivity index (χ1v) is 6.95. The van der Waals surface area contributed by atoms with Gasteiger partial charge in [-0.05, 0) is 34.3 Å². The van der Waals surface area contributed by atoms with Crippen LogP contribution in [0.1, 0.15) is 23.7 Å². The van der Waals surface area contributed by atoms with Crippen molar-refractivity contribution < 1.29 is 14.7 Å². The maximum Gasteiger partial charge on any atom is 0.326 e. The van der Waals surface area contributed by atoms with Gasteiger partial charge < -0.3 is 10.0 Å². The summed E-state index contributed by atoms with van der Waals surface area (Å²) in [6.07, 6.45) is 0.744. The molecule has 6 heteroatoms. The molecule has 1 saturated heterocycles. The Morgan fingerprint density at radius 2 is 2.29 bits per heavy atom. The minimum Gasteiger partial charge on any atom is -0.480 e. The van der Waals surface area contributed by atoms with Crippen LogP contribution in [0.15, 0.2) is 15.2 Å². The Balaban J connectivity index is 2.22. The average Bonchev–Trinajstić information content (AvgIpc) is 2.83. The van der Waals surface area contributed by atoms with Gasteiger partial charge in [-0.3, -0.25) is 4.79 Å². The lowest BCUT2D eigenvalue weighted by atomic mass is 10.0. The topological polar surface area (TPSA) is 57.6 Å². The highest BCUT2D eigenvalue weighted by Gasteiger charge is 2.39. The van der Waals surface area contributed by atoms with Gasteiger partial charge in [0.15, 0.2) is 0 Å². The zero-order valence-corrected chi connectivity index (χ0v) is 11.6. The van der Waals surface area contributed by atoms with Gasteiger partial charge in [0, 0.05) is 11.9 Å². The maximum atomic E-state index is 12.2. The van der Waals surface area contributed by atoms with Crippen LogP contribution >= 0.6 is 27.3 Å². The summed E-state index contributed by atoms with van der Waals surface area (Å²) < 4.78 is 0.875. The molecule has 1 fully saturated rings. The Hall–Kier alpha value is -0.880. The van der Waals surface area contributed by atoms with E-state index < -0.39 is 12.0 Å². The number of aliphatic carboxylic acids is 1. The van der Waals surface area contributed by atoms with Crippen LogP contribution in [0.3, 0.4) is 0 Å². The van der Waals surface area contributed by atoms with E-state index in [1.54, 1.807) is 11.4 Å². The highest BCUT2D eigenvalue weighted by atomic mass is 79.9. The predicted molar refractivity (Wildman–Crippen MR) is 68.3 cm³/mol. The summed E-state index contributed by atoms with van der Waals surface area (Å²) in [5.74, 6) is -1.10. The highest BCUT2D eigenvalue weighted by molar-refractivity contribution is 9.11. The first-order chi connectivity index (χ1) is 8.00. The number of likely N-dealkylation sites (tertiary alicyclic amines) is 1. The summed E-state index contributed by atoms with van der Waals surface area (Å²) in [6.45, 7) is 2.39. The van der Waals surface area contributed by atoms with Gasteiger partial charge in [0.05, 0.1) is 9.35 Å². The molecular formula is C11H12BrNO3S. The molecule has 0 saturated carbocycles. The van der Waals surface area contributed by atoms with E-state index in [9.17, 15) is 9.59 Å². The molecule has 0 bridgehead atoms. The van der Waals surface area contributed by atoms with Crippen LogP contribution in [0.25, 0.3) is 0 Å². The smallest absolute Gasteiger partial charge is 0.326 e. The summed E-state index contributed by atoms with van der Waals surface area (Å²) in [5, 5.41) is 10.9. The number of nitrogens with zero attached hydrogens (tertiary/aromatic N) is 1. The van der Waals surface area contributed by atoms with Crippen molar-refractivity contribution in [2.24, 2.45) is 5.92 Å². The van der Waals surface area contributed by atoms with Gasteiger partial charge in [0.1, 0.15) is 6.04 Å². The third kappa shape index (κ3) is 2.37. The lowest BCUT2D eigenvalue weighted by Crippen LogP contribution is -2.42. The Kier molecular flexibility index (Phi) is 3.53. The summed E-state index contributed by atoms with van der Waals surface area (Å²) >= 11 is 4.72. The molecule has 4 nitrogen and oxygen atoms in total. The molecule has 92 valence electrons. The van der Waals surface area contributed by atoms with Crippen LogP contribution in [-0.2, 0) is 4.79 Å². The van der Waals surface area contributed by atoms with E-state index in [4.69, 9.17) is 5.11 Å². The van der Waals surface area contributed by atoms with E-state index in [1.165, 1.54) is 16.2 Å². The number of hydrogen-bond acceptors (Lipinski definition) is 3. The second-order valence-electron chi connectivity index (χ2n) is 4.19. The molecule has 2 unspecified atom stereocenters. The van der Waals surface area contributed by atoms with Crippen molar-refractivity contribution >= 4 is 39.1 Å². The number of amides is 1. The van der Waals surface area contributed by atoms with Gasteiger partial charge in [-0.1, -0.05) is 6.92 Å². The predicted octanol–water partition coefficient (Wildman–Crippen LogP) is 2.45. The van der Waals surface area contributed by atoms with Crippen molar-refractivity contribution in [2.75, 3.05) is 6.54 Å². The molecule has 2 heterocycles. The number of hydrogen-bond donors (Lipinski definition) is 1. The average molecular weight is 318 g/mol. The second kappa shape index (κ2) is 4.78. The Labute approximate surface area is 111 Å². The number of thiophene rings is 1. The van der Waals surface area contributed by atoms with Crippen molar-refractivity contribution in [3.05, 3.63) is 20.8 Å². The molecule has 1 aromatic heterocycles. The molecule has 0 spiro atoms. The lowest BCUT2D eigenvalue weighted by molar-refractivity contribution is -0.142. The monoisotopic (exact) mass is 317 g/mol. The molecule has 17 heavy (non-hydrogen) atoms. The number of carbonyl (C=O) groups is 2. The largest absolute Gasteiger partial charge is 0.480 e. The molecule has 2 rings (SSSR count). The minimum atomic E-state index is -0.919. The molecular weight excluding hydrogens is 306 g/mol. The quantitative estimate of drug-likeness (QED) is 0.911. The van der Waals surface area contributed by atoms with Crippen LogP contribution in [0.4, 0.5) is 0 Å². The third-order valence-corrected chi connectivity index (χ3v) is 4.53. The maximum absolute atomic E-state index is 12.2. The van der Waals surface area contributed by atoms with Gasteiger partial charge in [-0.25, -0.2) is 4.79 Å². The van der Waals surface area contributed by atoms with E-state index in [-0.39, 0.29) is 11.8 Å². The zero-order chi connectivity index (χ0) is 12.6. The van der Waals surface area contributed by atoms with Gasteiger partial charge in [0.2, 0.25) is 0 Å². The first kappa shape index (κ1) is 12.6. The van der Waals surface area contributed by atoms with E-state index in [0.717, 1.165) is 10.2 Å². The summed E-state index contributed by atoms with van der Waals surface area (Å²) in [5.41, 5.74) is 0.558. The van der Waals surface area contributed by atoms with Gasteiger partial charge in [0.25, 0.3) is 5.91 Å². The molecule has 0 aromatic carbocycles. The molecule has 1 aliphatic heterocycles. The summed E-state index contributed by atoms with van der Waals surface area (Å²) in [7, 11) is 0. The van der Waals surface area contributed by atoms with E-state index >= 15 is 0 Å². The SMILES string of the molecule is CC1CCN(C(=O)c2csc(Br)c2)C1C(=O)O. The summed E-state index contributed by atoms with van der Waals surface area (Å²) in [6, 6.07) is 1.04. The Morgan fingerprint density at radius 1 is 1.59 bits per heavy atom. The number of halogens is 1. The zero-order valence-electron chi connectivity index (χ0n) is 9.22. The van der Waals surface area contributed by atoms with E-state index in [2.05, 4.69) is 15.9 Å². The molecule has 1 aliphatic rings. The van der Waals surface area contributed by atoms with Crippen molar-refractivity contribution in [3.63, 3.8) is 0 Å². The fourth-order valence-electron chi connectivity index (χ4n) is 2.14. The lowest BCUT2D eigenvalue weighted by Gasteiger charge is -2.22. The number of carboxylic acids is 1. The molecule has 1 amide bonds. The van der Waals surface area contributed by atoms with E-state index in [0.29, 0.717) is 12.1 Å². The standard InChI is InChI=1S/C11H12BrNO3S/c1-6-2-3-13(9(6)11(15)16)10(14)7-4-8(12)17-5-7/h4-6,9H,2-3H2,1H3,(H,15,16). The summed E-state index contributed by atoms with van der Waals surface area (Å²) in [4.78, 5) is 24.8. The second-order valence-corrected chi connectivity index (χ2v) is 6.48. The van der Waals surface area contributed by atoms with Crippen LogP contribution in [0.2, 0.25) is 0 Å². The van der Waals surface area contributed by atoms with Gasteiger partial charge >= 0.3 is 5.97 Å². The molecule has 1 aromatic rings. The van der Waals surface area contributed by atoms with Crippen LogP contribution in [0, 0.1) is 5.92 Å². The minimum absolute atomic E-state index is 0.0125. The van der Waals surface area contributed by atoms with Crippen molar-refractivity contribution in [1.29, 1.82) is 0 Å². The van der Waals surface area contributed by atoms with Crippen molar-refractivity contribution in [3.8, 4) is 0 Å². The fourth-order valence-corrected chi connectivity index (χ4v) is 3.27. The van der Waals surface area contributed by atoms with Gasteiger partial charge in [-0.15, -0.1) is 11.3 Å². The number of rotatable bonds is 2. The molecule has 1 N–H and O–H groups in total. The molecule has 2 atom stereocenters. The molecule has 0 radical (unpaired) electrons. The van der Waals surface area contributed by atoms with Gasteiger partial charge in [-0.2, -0.15) is 0 Å². The van der Waals surface area contributed by atoms with Crippen LogP contribution in [-0.4, -0.2) is 34.5 Å². The van der Waals surface area contributed by atoms with Crippen molar-refractivity contribution in [1.82, 2.24) is 4.90 Å².